The topological polar surface area (TPSA) is 203 Å². The van der Waals surface area contributed by atoms with Crippen LogP contribution in [0.15, 0.2) is 24.3 Å². The van der Waals surface area contributed by atoms with Crippen LogP contribution in [0.4, 0.5) is 5.69 Å². The highest BCUT2D eigenvalue weighted by Gasteiger charge is 2.51. The number of nitrogens with two attached hydrogens (primary N) is 1. The molecule has 1 heterocycles. The first-order valence-corrected chi connectivity index (χ1v) is 10.3. The Kier molecular flexibility index (Phi) is 9.39. The van der Waals surface area contributed by atoms with Crippen LogP contribution in [0.2, 0.25) is 0 Å². The summed E-state index contributed by atoms with van der Waals surface area (Å²) in [5.41, 5.74) is 6.81. The zero-order chi connectivity index (χ0) is 25.4. The van der Waals surface area contributed by atoms with Crippen LogP contribution in [0.5, 0.6) is 5.75 Å². The molecule has 0 aliphatic carbocycles. The van der Waals surface area contributed by atoms with Gasteiger partial charge in [0.1, 0.15) is 5.75 Å². The minimum atomic E-state index is -1.51. The lowest BCUT2D eigenvalue weighted by Crippen LogP contribution is -2.54. The number of carbonyl (C=O) groups excluding carboxylic acids is 1. The lowest BCUT2D eigenvalue weighted by molar-refractivity contribution is -0.233. The summed E-state index contributed by atoms with van der Waals surface area (Å²) in [5, 5.41) is 37.1. The standard InChI is InChI=1S/C22H27NO11/c1-32-21(31)20-13(9-18(27)28)12(8-17(25)26)14(10-19(29)30)22(34-20)33-16-5-4-11(3-2-6-24)7-15(16)23/h2-5,7,12-14,20,22,24H,6,8-10,23H2,1H3,(H,25,26)(H,27,28)(H,29,30)/t12-,13-,14+,20-,22+/m0/s1. The summed E-state index contributed by atoms with van der Waals surface area (Å²) in [7, 11) is 1.06. The first-order valence-electron chi connectivity index (χ1n) is 10.3. The highest BCUT2D eigenvalue weighted by Crippen LogP contribution is 2.43. The number of carboxylic acids is 3. The predicted molar refractivity (Wildman–Crippen MR) is 116 cm³/mol. The quantitative estimate of drug-likeness (QED) is 0.220. The Morgan fingerprint density at radius 1 is 1.00 bits per heavy atom. The molecule has 1 fully saturated rings. The smallest absolute Gasteiger partial charge is 0.335 e. The monoisotopic (exact) mass is 481 g/mol. The van der Waals surface area contributed by atoms with Crippen LogP contribution in [0.25, 0.3) is 6.08 Å². The zero-order valence-corrected chi connectivity index (χ0v) is 18.3. The fourth-order valence-corrected chi connectivity index (χ4v) is 4.06. The van der Waals surface area contributed by atoms with Crippen molar-refractivity contribution in [3.63, 3.8) is 0 Å². The number of aliphatic hydroxyl groups excluding tert-OH is 1. The molecule has 0 unspecified atom stereocenters. The van der Waals surface area contributed by atoms with Crippen LogP contribution < -0.4 is 10.5 Å². The van der Waals surface area contributed by atoms with Gasteiger partial charge in [-0.3, -0.25) is 14.4 Å². The van der Waals surface area contributed by atoms with E-state index in [1.165, 1.54) is 18.2 Å². The van der Waals surface area contributed by atoms with Gasteiger partial charge in [-0.2, -0.15) is 0 Å². The molecule has 12 nitrogen and oxygen atoms in total. The second-order valence-electron chi connectivity index (χ2n) is 7.73. The van der Waals surface area contributed by atoms with Gasteiger partial charge < -0.3 is 40.4 Å². The Morgan fingerprint density at radius 2 is 1.59 bits per heavy atom. The van der Waals surface area contributed by atoms with Gasteiger partial charge in [-0.15, -0.1) is 0 Å². The summed E-state index contributed by atoms with van der Waals surface area (Å²) in [6, 6.07) is 4.60. The molecule has 0 saturated carbocycles. The van der Waals surface area contributed by atoms with Crippen LogP contribution in [-0.4, -0.2) is 70.4 Å². The summed E-state index contributed by atoms with van der Waals surface area (Å²) in [6.07, 6.45) is -1.71. The van der Waals surface area contributed by atoms with Crippen molar-refractivity contribution in [3.8, 4) is 5.75 Å². The van der Waals surface area contributed by atoms with Gasteiger partial charge in [0.05, 0.1) is 32.2 Å². The fourth-order valence-electron chi connectivity index (χ4n) is 4.06. The van der Waals surface area contributed by atoms with Crippen molar-refractivity contribution >= 4 is 35.6 Å². The number of aliphatic carboxylic acids is 3. The van der Waals surface area contributed by atoms with Gasteiger partial charge in [0.2, 0.25) is 6.29 Å². The third-order valence-electron chi connectivity index (χ3n) is 5.48. The molecule has 1 aromatic rings. The molecular formula is C22H27NO11. The van der Waals surface area contributed by atoms with E-state index in [2.05, 4.69) is 0 Å². The molecule has 5 atom stereocenters. The SMILES string of the molecule is COC(=O)[C@H]1O[C@@H](Oc2ccc(C=CCO)cc2N)[C@H](CC(=O)O)[C@@H](CC(=O)O)[C@@H]1CC(=O)O. The largest absolute Gasteiger partial charge is 0.481 e. The lowest BCUT2D eigenvalue weighted by Gasteiger charge is -2.44. The van der Waals surface area contributed by atoms with Crippen LogP contribution in [0.1, 0.15) is 24.8 Å². The molecule has 0 bridgehead atoms. The Labute approximate surface area is 194 Å². The van der Waals surface area contributed by atoms with E-state index in [-0.39, 0.29) is 18.0 Å². The van der Waals surface area contributed by atoms with Crippen molar-refractivity contribution in [1.29, 1.82) is 0 Å². The summed E-state index contributed by atoms with van der Waals surface area (Å²) >= 11 is 0. The van der Waals surface area contributed by atoms with E-state index in [1.807, 2.05) is 0 Å². The molecule has 12 heteroatoms. The van der Waals surface area contributed by atoms with E-state index in [9.17, 15) is 34.5 Å². The fraction of sp³-hybridized carbons (Fsp3) is 0.455. The number of methoxy groups -OCH3 is 1. The zero-order valence-electron chi connectivity index (χ0n) is 18.3. The molecule has 0 radical (unpaired) electrons. The number of carboxylic acid groups (broad SMARTS) is 3. The van der Waals surface area contributed by atoms with Crippen molar-refractivity contribution in [2.24, 2.45) is 17.8 Å². The molecule has 34 heavy (non-hydrogen) atoms. The molecule has 1 aromatic carbocycles. The molecule has 1 aliphatic heterocycles. The summed E-state index contributed by atoms with van der Waals surface area (Å²) in [5.74, 6) is -8.17. The first-order chi connectivity index (χ1) is 16.1. The van der Waals surface area contributed by atoms with Gasteiger partial charge in [-0.05, 0) is 23.6 Å². The van der Waals surface area contributed by atoms with Crippen LogP contribution >= 0.6 is 0 Å². The average Bonchev–Trinajstić information content (AvgIpc) is 2.76. The Morgan fingerprint density at radius 3 is 2.12 bits per heavy atom. The molecule has 1 saturated heterocycles. The Balaban J connectivity index is 2.49. The maximum atomic E-state index is 12.4. The molecule has 0 amide bonds. The highest BCUT2D eigenvalue weighted by atomic mass is 16.7. The van der Waals surface area contributed by atoms with Crippen molar-refractivity contribution in [2.45, 2.75) is 31.7 Å². The van der Waals surface area contributed by atoms with Gasteiger partial charge in [0.25, 0.3) is 0 Å². The summed E-state index contributed by atoms with van der Waals surface area (Å²) in [6.45, 7) is -0.178. The van der Waals surface area contributed by atoms with Gasteiger partial charge in [0.15, 0.2) is 6.10 Å². The number of hydrogen-bond donors (Lipinski definition) is 5. The van der Waals surface area contributed by atoms with E-state index in [0.717, 1.165) is 7.11 Å². The lowest BCUT2D eigenvalue weighted by atomic mass is 9.71. The Bertz CT molecular complexity index is 945. The number of aliphatic hydroxyl groups is 1. The number of benzene rings is 1. The predicted octanol–water partition coefficient (Wildman–Crippen LogP) is 0.824. The van der Waals surface area contributed by atoms with E-state index in [0.29, 0.717) is 5.56 Å². The summed E-state index contributed by atoms with van der Waals surface area (Å²) < 4.78 is 16.2. The van der Waals surface area contributed by atoms with E-state index < -0.39 is 73.3 Å². The molecular weight excluding hydrogens is 454 g/mol. The molecule has 186 valence electrons. The minimum Gasteiger partial charge on any atom is -0.481 e. The second-order valence-corrected chi connectivity index (χ2v) is 7.73. The number of nitrogen functional groups attached to an aromatic ring is 1. The number of carbonyl (C=O) groups is 4. The normalized spacial score (nSPS) is 24.5. The third-order valence-corrected chi connectivity index (χ3v) is 5.48. The van der Waals surface area contributed by atoms with Crippen LogP contribution in [-0.2, 0) is 28.7 Å². The number of ether oxygens (including phenoxy) is 3. The van der Waals surface area contributed by atoms with E-state index >= 15 is 0 Å². The highest BCUT2D eigenvalue weighted by molar-refractivity contribution is 5.77. The minimum absolute atomic E-state index is 0.0795. The maximum absolute atomic E-state index is 12.4. The third kappa shape index (κ3) is 6.93. The van der Waals surface area contributed by atoms with Gasteiger partial charge in [-0.1, -0.05) is 18.2 Å². The van der Waals surface area contributed by atoms with Crippen molar-refractivity contribution < 1.29 is 53.8 Å². The van der Waals surface area contributed by atoms with Crippen molar-refractivity contribution in [1.82, 2.24) is 0 Å². The number of anilines is 1. The number of esters is 1. The maximum Gasteiger partial charge on any atom is 0.335 e. The average molecular weight is 481 g/mol. The number of rotatable bonds is 11. The number of hydrogen-bond acceptors (Lipinski definition) is 9. The van der Waals surface area contributed by atoms with E-state index in [1.54, 1.807) is 12.1 Å². The molecule has 6 N–H and O–H groups in total. The van der Waals surface area contributed by atoms with Gasteiger partial charge >= 0.3 is 23.9 Å². The molecule has 2 rings (SSSR count). The van der Waals surface area contributed by atoms with Crippen LogP contribution in [0.3, 0.4) is 0 Å². The molecule has 1 aliphatic rings. The van der Waals surface area contributed by atoms with Gasteiger partial charge in [-0.25, -0.2) is 4.79 Å². The van der Waals surface area contributed by atoms with Crippen molar-refractivity contribution in [3.05, 3.63) is 29.8 Å². The van der Waals surface area contributed by atoms with E-state index in [4.69, 9.17) is 25.1 Å². The molecule has 0 spiro atoms. The first kappa shape index (κ1) is 26.6. The Hall–Kier alpha value is -3.64. The van der Waals surface area contributed by atoms with Crippen LogP contribution in [0, 0.1) is 17.8 Å². The van der Waals surface area contributed by atoms with Crippen molar-refractivity contribution in [2.75, 3.05) is 19.5 Å². The summed E-state index contributed by atoms with van der Waals surface area (Å²) in [4.78, 5) is 47.1. The second kappa shape index (κ2) is 12.0. The van der Waals surface area contributed by atoms with Gasteiger partial charge in [0, 0.05) is 18.3 Å². The molecule has 0 aromatic heterocycles.